The van der Waals surface area contributed by atoms with Crippen molar-refractivity contribution in [1.82, 2.24) is 4.72 Å². The zero-order chi connectivity index (χ0) is 14.6. The summed E-state index contributed by atoms with van der Waals surface area (Å²) in [6, 6.07) is 3.56. The lowest BCUT2D eigenvalue weighted by molar-refractivity contribution is -0.386. The van der Waals surface area contributed by atoms with Crippen molar-refractivity contribution >= 4 is 15.7 Å². The zero-order valence-corrected chi connectivity index (χ0v) is 11.7. The van der Waals surface area contributed by atoms with E-state index in [1.807, 2.05) is 6.92 Å². The second-order valence-corrected chi connectivity index (χ2v) is 5.82. The van der Waals surface area contributed by atoms with Crippen LogP contribution in [-0.2, 0) is 10.0 Å². The van der Waals surface area contributed by atoms with Crippen LogP contribution in [0.1, 0.15) is 20.3 Å². The van der Waals surface area contributed by atoms with Crippen LogP contribution < -0.4 is 9.46 Å². The smallest absolute Gasteiger partial charge is 0.312 e. The molecule has 0 aliphatic heterocycles. The maximum absolute atomic E-state index is 11.6. The molecule has 7 nitrogen and oxygen atoms in total. The van der Waals surface area contributed by atoms with Gasteiger partial charge in [0.05, 0.1) is 15.9 Å². The van der Waals surface area contributed by atoms with Crippen molar-refractivity contribution in [1.29, 1.82) is 0 Å². The van der Waals surface area contributed by atoms with Gasteiger partial charge >= 0.3 is 5.69 Å². The van der Waals surface area contributed by atoms with Crippen LogP contribution in [0.25, 0.3) is 0 Å². The fourth-order valence-corrected chi connectivity index (χ4v) is 2.07. The van der Waals surface area contributed by atoms with Crippen LogP contribution in [0, 0.1) is 10.1 Å². The van der Waals surface area contributed by atoms with Crippen molar-refractivity contribution < 1.29 is 18.1 Å². The SMILES string of the molecule is CCC(C)Oc1ccc(S(=O)(=O)NC)cc1[N+](=O)[O-]. The van der Waals surface area contributed by atoms with E-state index in [4.69, 9.17) is 4.74 Å². The highest BCUT2D eigenvalue weighted by molar-refractivity contribution is 7.89. The Kier molecular flexibility index (Phi) is 4.84. The number of ether oxygens (including phenoxy) is 1. The predicted molar refractivity (Wildman–Crippen MR) is 69.7 cm³/mol. The van der Waals surface area contributed by atoms with E-state index in [2.05, 4.69) is 4.72 Å². The first-order chi connectivity index (χ1) is 8.81. The molecule has 1 rings (SSSR count). The molecule has 0 amide bonds. The number of nitro groups is 1. The Labute approximate surface area is 111 Å². The fraction of sp³-hybridized carbons (Fsp3) is 0.455. The van der Waals surface area contributed by atoms with Crippen LogP contribution in [0.5, 0.6) is 5.75 Å². The number of rotatable bonds is 6. The molecule has 0 saturated heterocycles. The number of hydrogen-bond acceptors (Lipinski definition) is 5. The van der Waals surface area contributed by atoms with Gasteiger partial charge in [0.15, 0.2) is 5.75 Å². The summed E-state index contributed by atoms with van der Waals surface area (Å²) in [4.78, 5) is 10.1. The highest BCUT2D eigenvalue weighted by Crippen LogP contribution is 2.30. The first kappa shape index (κ1) is 15.4. The molecule has 19 heavy (non-hydrogen) atoms. The first-order valence-electron chi connectivity index (χ1n) is 5.70. The summed E-state index contributed by atoms with van der Waals surface area (Å²) < 4.78 is 30.7. The Morgan fingerprint density at radius 3 is 2.58 bits per heavy atom. The average molecular weight is 288 g/mol. The van der Waals surface area contributed by atoms with E-state index in [0.29, 0.717) is 6.42 Å². The molecule has 0 aliphatic carbocycles. The van der Waals surface area contributed by atoms with Gasteiger partial charge in [-0.25, -0.2) is 13.1 Å². The molecule has 8 heteroatoms. The molecule has 1 unspecified atom stereocenters. The number of nitrogens with zero attached hydrogens (tertiary/aromatic N) is 1. The van der Waals surface area contributed by atoms with Crippen LogP contribution in [0.3, 0.4) is 0 Å². The topological polar surface area (TPSA) is 98.5 Å². The Bertz CT molecular complexity index is 570. The van der Waals surface area contributed by atoms with Gasteiger partial charge in [0.2, 0.25) is 10.0 Å². The summed E-state index contributed by atoms with van der Waals surface area (Å²) >= 11 is 0. The summed E-state index contributed by atoms with van der Waals surface area (Å²) in [5, 5.41) is 11.0. The number of nitrogens with one attached hydrogen (secondary N) is 1. The lowest BCUT2D eigenvalue weighted by atomic mass is 10.2. The standard InChI is InChI=1S/C11H16N2O5S/c1-4-8(2)18-11-6-5-9(19(16,17)12-3)7-10(11)13(14)15/h5-8,12H,4H2,1-3H3. The summed E-state index contributed by atoms with van der Waals surface area (Å²) in [5.74, 6) is 0.0643. The molecule has 0 aliphatic rings. The molecule has 0 bridgehead atoms. The second kappa shape index (κ2) is 5.98. The van der Waals surface area contributed by atoms with E-state index in [-0.39, 0.29) is 22.4 Å². The third-order valence-electron chi connectivity index (χ3n) is 2.61. The van der Waals surface area contributed by atoms with Gasteiger partial charge in [-0.2, -0.15) is 0 Å². The van der Waals surface area contributed by atoms with Crippen molar-refractivity contribution in [3.05, 3.63) is 28.3 Å². The van der Waals surface area contributed by atoms with Crippen molar-refractivity contribution in [2.45, 2.75) is 31.3 Å². The summed E-state index contributed by atoms with van der Waals surface area (Å²) in [5.41, 5.74) is -0.364. The largest absolute Gasteiger partial charge is 0.484 e. The third kappa shape index (κ3) is 3.65. The Balaban J connectivity index is 3.27. The maximum Gasteiger partial charge on any atom is 0.312 e. The molecule has 0 aromatic heterocycles. The van der Waals surface area contributed by atoms with Crippen molar-refractivity contribution in [2.24, 2.45) is 0 Å². The van der Waals surface area contributed by atoms with Crippen LogP contribution in [-0.4, -0.2) is 26.5 Å². The molecule has 0 fully saturated rings. The quantitative estimate of drug-likeness (QED) is 0.634. The Morgan fingerprint density at radius 2 is 2.11 bits per heavy atom. The van der Waals surface area contributed by atoms with Gasteiger partial charge in [-0.15, -0.1) is 0 Å². The van der Waals surface area contributed by atoms with Crippen LogP contribution >= 0.6 is 0 Å². The lowest BCUT2D eigenvalue weighted by Crippen LogP contribution is -2.19. The van der Waals surface area contributed by atoms with E-state index >= 15 is 0 Å². The molecule has 106 valence electrons. The fourth-order valence-electron chi connectivity index (χ4n) is 1.32. The predicted octanol–water partition coefficient (Wildman–Crippen LogP) is 1.68. The molecular formula is C11H16N2O5S. The molecule has 0 spiro atoms. The monoisotopic (exact) mass is 288 g/mol. The highest BCUT2D eigenvalue weighted by Gasteiger charge is 2.22. The minimum absolute atomic E-state index is 0.0643. The minimum atomic E-state index is -3.72. The number of benzene rings is 1. The maximum atomic E-state index is 11.6. The first-order valence-corrected chi connectivity index (χ1v) is 7.18. The van der Waals surface area contributed by atoms with Gasteiger partial charge in [0.1, 0.15) is 0 Å². The van der Waals surface area contributed by atoms with Gasteiger partial charge in [-0.05, 0) is 32.5 Å². The number of nitro benzene ring substituents is 1. The summed E-state index contributed by atoms with van der Waals surface area (Å²) in [6.07, 6.45) is 0.499. The van der Waals surface area contributed by atoms with E-state index in [9.17, 15) is 18.5 Å². The van der Waals surface area contributed by atoms with Crippen molar-refractivity contribution in [2.75, 3.05) is 7.05 Å². The number of hydrogen-bond donors (Lipinski definition) is 1. The molecule has 1 aromatic carbocycles. The van der Waals surface area contributed by atoms with Gasteiger partial charge in [0.25, 0.3) is 0 Å². The molecule has 1 N–H and O–H groups in total. The second-order valence-electron chi connectivity index (χ2n) is 3.93. The van der Waals surface area contributed by atoms with E-state index in [1.54, 1.807) is 6.92 Å². The molecular weight excluding hydrogens is 272 g/mol. The van der Waals surface area contributed by atoms with Crippen molar-refractivity contribution in [3.63, 3.8) is 0 Å². The Hall–Kier alpha value is -1.67. The average Bonchev–Trinajstić information content (AvgIpc) is 2.38. The van der Waals surface area contributed by atoms with Crippen LogP contribution in [0.2, 0.25) is 0 Å². The van der Waals surface area contributed by atoms with Gasteiger partial charge in [0, 0.05) is 6.07 Å². The summed E-state index contributed by atoms with van der Waals surface area (Å²) in [6.45, 7) is 3.66. The molecule has 0 radical (unpaired) electrons. The zero-order valence-electron chi connectivity index (χ0n) is 10.9. The molecule has 0 heterocycles. The lowest BCUT2D eigenvalue weighted by Gasteiger charge is -2.13. The summed E-state index contributed by atoms with van der Waals surface area (Å²) in [7, 11) is -2.47. The third-order valence-corrected chi connectivity index (χ3v) is 4.02. The van der Waals surface area contributed by atoms with Crippen LogP contribution in [0.4, 0.5) is 5.69 Å². The minimum Gasteiger partial charge on any atom is -0.484 e. The molecule has 1 aromatic rings. The van der Waals surface area contributed by atoms with E-state index < -0.39 is 14.9 Å². The van der Waals surface area contributed by atoms with Crippen LogP contribution in [0.15, 0.2) is 23.1 Å². The molecule has 0 saturated carbocycles. The molecule has 1 atom stereocenters. The normalized spacial score (nSPS) is 13.0. The van der Waals surface area contributed by atoms with E-state index in [0.717, 1.165) is 6.07 Å². The van der Waals surface area contributed by atoms with Gasteiger partial charge < -0.3 is 4.74 Å². The van der Waals surface area contributed by atoms with Gasteiger partial charge in [-0.1, -0.05) is 6.92 Å². The van der Waals surface area contributed by atoms with Gasteiger partial charge in [-0.3, -0.25) is 10.1 Å². The Morgan fingerprint density at radius 1 is 1.47 bits per heavy atom. The van der Waals surface area contributed by atoms with E-state index in [1.165, 1.54) is 19.2 Å². The number of sulfonamides is 1. The highest BCUT2D eigenvalue weighted by atomic mass is 32.2. The van der Waals surface area contributed by atoms with Crippen molar-refractivity contribution in [3.8, 4) is 5.75 Å².